The molecule has 0 radical (unpaired) electrons. The molecule has 0 unspecified atom stereocenters. The number of primary sulfonamides is 1. The normalized spacial score (nSPS) is 17.0. The smallest absolute Gasteiger partial charge is 0.213 e. The standard InChI is InChI=1S/C16H21N3O2S/c1-18-7-5-13(6-8-18)15-10-19(2)16-4-3-12(9-14(15)16)11-22(17,20)21/h3-5,9-10H,6-8,11H2,1-2H3,(H2,17,20,21). The van der Waals surface area contributed by atoms with E-state index in [0.29, 0.717) is 0 Å². The van der Waals surface area contributed by atoms with E-state index in [0.717, 1.165) is 36.0 Å². The fraction of sp³-hybridized carbons (Fsp3) is 0.375. The highest BCUT2D eigenvalue weighted by atomic mass is 32.2. The number of hydrogen-bond donors (Lipinski definition) is 1. The van der Waals surface area contributed by atoms with Crippen LogP contribution in [0, 0.1) is 0 Å². The molecule has 1 aromatic carbocycles. The Labute approximate surface area is 131 Å². The average Bonchev–Trinajstić information content (AvgIpc) is 2.75. The molecule has 1 aliphatic heterocycles. The number of fused-ring (bicyclic) bond motifs is 1. The maximum Gasteiger partial charge on any atom is 0.213 e. The van der Waals surface area contributed by atoms with E-state index in [2.05, 4.69) is 28.8 Å². The Hall–Kier alpha value is -1.63. The van der Waals surface area contributed by atoms with Crippen LogP contribution in [-0.4, -0.2) is 38.0 Å². The molecule has 0 saturated heterocycles. The summed E-state index contributed by atoms with van der Waals surface area (Å²) in [4.78, 5) is 2.28. The summed E-state index contributed by atoms with van der Waals surface area (Å²) < 4.78 is 24.7. The SMILES string of the molecule is CN1CC=C(c2cn(C)c3ccc(CS(N)(=O)=O)cc23)CC1. The van der Waals surface area contributed by atoms with Crippen LogP contribution in [-0.2, 0) is 22.8 Å². The van der Waals surface area contributed by atoms with Gasteiger partial charge in [-0.05, 0) is 36.7 Å². The van der Waals surface area contributed by atoms with Crippen molar-refractivity contribution >= 4 is 26.5 Å². The lowest BCUT2D eigenvalue weighted by molar-refractivity contribution is 0.370. The van der Waals surface area contributed by atoms with Gasteiger partial charge in [0.2, 0.25) is 10.0 Å². The van der Waals surface area contributed by atoms with Gasteiger partial charge in [-0.2, -0.15) is 0 Å². The Kier molecular flexibility index (Phi) is 3.84. The molecule has 0 bridgehead atoms. The number of hydrogen-bond acceptors (Lipinski definition) is 3. The van der Waals surface area contributed by atoms with Crippen LogP contribution in [0.1, 0.15) is 17.5 Å². The molecule has 0 fully saturated rings. The number of sulfonamides is 1. The van der Waals surface area contributed by atoms with Gasteiger partial charge in [-0.3, -0.25) is 0 Å². The van der Waals surface area contributed by atoms with Crippen LogP contribution in [0.5, 0.6) is 0 Å². The molecule has 0 amide bonds. The van der Waals surface area contributed by atoms with Crippen LogP contribution in [0.4, 0.5) is 0 Å². The summed E-state index contributed by atoms with van der Waals surface area (Å²) in [5.74, 6) is -0.126. The molecule has 1 aliphatic rings. The second-order valence-electron chi connectivity index (χ2n) is 6.05. The van der Waals surface area contributed by atoms with E-state index in [-0.39, 0.29) is 5.75 Å². The number of likely N-dealkylation sites (N-methyl/N-ethyl adjacent to an activating group) is 1. The first-order chi connectivity index (χ1) is 10.3. The van der Waals surface area contributed by atoms with Crippen LogP contribution in [0.25, 0.3) is 16.5 Å². The number of aryl methyl sites for hydroxylation is 1. The number of aromatic nitrogens is 1. The predicted molar refractivity (Wildman–Crippen MR) is 89.8 cm³/mol. The Balaban J connectivity index is 2.08. The molecule has 0 aliphatic carbocycles. The third-order valence-electron chi connectivity index (χ3n) is 4.18. The highest BCUT2D eigenvalue weighted by Crippen LogP contribution is 2.31. The summed E-state index contributed by atoms with van der Waals surface area (Å²) in [6.07, 6.45) is 5.39. The van der Waals surface area contributed by atoms with E-state index in [1.807, 2.05) is 25.2 Å². The number of nitrogens with two attached hydrogens (primary N) is 1. The molecule has 1 aromatic heterocycles. The second kappa shape index (κ2) is 5.53. The maximum atomic E-state index is 11.3. The molecular formula is C16H21N3O2S. The average molecular weight is 319 g/mol. The quantitative estimate of drug-likeness (QED) is 0.936. The van der Waals surface area contributed by atoms with E-state index in [4.69, 9.17) is 5.14 Å². The van der Waals surface area contributed by atoms with Gasteiger partial charge in [0.1, 0.15) is 0 Å². The largest absolute Gasteiger partial charge is 0.350 e. The van der Waals surface area contributed by atoms with Crippen molar-refractivity contribution in [2.24, 2.45) is 12.2 Å². The molecule has 0 atom stereocenters. The zero-order valence-electron chi connectivity index (χ0n) is 12.9. The van der Waals surface area contributed by atoms with Crippen LogP contribution in [0.2, 0.25) is 0 Å². The van der Waals surface area contributed by atoms with Gasteiger partial charge >= 0.3 is 0 Å². The van der Waals surface area contributed by atoms with Crippen molar-refractivity contribution < 1.29 is 8.42 Å². The highest BCUT2D eigenvalue weighted by Gasteiger charge is 2.16. The summed E-state index contributed by atoms with van der Waals surface area (Å²) in [5, 5.41) is 6.26. The number of nitrogens with zero attached hydrogens (tertiary/aromatic N) is 2. The zero-order valence-corrected chi connectivity index (χ0v) is 13.7. The van der Waals surface area contributed by atoms with Gasteiger partial charge in [0.25, 0.3) is 0 Å². The van der Waals surface area contributed by atoms with Crippen molar-refractivity contribution in [3.8, 4) is 0 Å². The fourth-order valence-corrected chi connectivity index (χ4v) is 3.68. The molecular weight excluding hydrogens is 298 g/mol. The topological polar surface area (TPSA) is 68.3 Å². The van der Waals surface area contributed by atoms with Crippen molar-refractivity contribution in [2.75, 3.05) is 20.1 Å². The molecule has 0 saturated carbocycles. The Morgan fingerprint density at radius 2 is 2.05 bits per heavy atom. The minimum Gasteiger partial charge on any atom is -0.350 e. The lowest BCUT2D eigenvalue weighted by Gasteiger charge is -2.21. The van der Waals surface area contributed by atoms with E-state index < -0.39 is 10.0 Å². The van der Waals surface area contributed by atoms with Crippen LogP contribution >= 0.6 is 0 Å². The van der Waals surface area contributed by atoms with Crippen LogP contribution in [0.3, 0.4) is 0 Å². The maximum absolute atomic E-state index is 11.3. The third-order valence-corrected chi connectivity index (χ3v) is 4.92. The molecule has 6 heteroatoms. The first-order valence-corrected chi connectivity index (χ1v) is 9.01. The lowest BCUT2D eigenvalue weighted by Crippen LogP contribution is -2.23. The van der Waals surface area contributed by atoms with Gasteiger partial charge in [-0.15, -0.1) is 0 Å². The molecule has 22 heavy (non-hydrogen) atoms. The number of benzene rings is 1. The van der Waals surface area contributed by atoms with Crippen LogP contribution in [0.15, 0.2) is 30.5 Å². The molecule has 2 aromatic rings. The Bertz CT molecular complexity index is 850. The van der Waals surface area contributed by atoms with Crippen LogP contribution < -0.4 is 5.14 Å². The zero-order chi connectivity index (χ0) is 15.9. The third kappa shape index (κ3) is 3.09. The van der Waals surface area contributed by atoms with E-state index in [1.54, 1.807) is 0 Å². The molecule has 3 rings (SSSR count). The molecule has 0 spiro atoms. The van der Waals surface area contributed by atoms with E-state index >= 15 is 0 Å². The monoisotopic (exact) mass is 319 g/mol. The van der Waals surface area contributed by atoms with Crippen molar-refractivity contribution in [2.45, 2.75) is 12.2 Å². The van der Waals surface area contributed by atoms with E-state index in [1.165, 1.54) is 11.1 Å². The fourth-order valence-electron chi connectivity index (χ4n) is 3.03. The first-order valence-electron chi connectivity index (χ1n) is 7.30. The summed E-state index contributed by atoms with van der Waals surface area (Å²) >= 11 is 0. The van der Waals surface area contributed by atoms with Crippen molar-refractivity contribution in [1.29, 1.82) is 0 Å². The minimum absolute atomic E-state index is 0.126. The van der Waals surface area contributed by atoms with Crippen molar-refractivity contribution in [3.05, 3.63) is 41.6 Å². The highest BCUT2D eigenvalue weighted by molar-refractivity contribution is 7.88. The summed E-state index contributed by atoms with van der Waals surface area (Å²) in [6, 6.07) is 5.75. The summed E-state index contributed by atoms with van der Waals surface area (Å²) in [6.45, 7) is 1.99. The Morgan fingerprint density at radius 3 is 2.68 bits per heavy atom. The predicted octanol–water partition coefficient (Wildman–Crippen LogP) is 1.69. The second-order valence-corrected chi connectivity index (χ2v) is 7.67. The van der Waals surface area contributed by atoms with Gasteiger partial charge in [-0.25, -0.2) is 13.6 Å². The molecule has 118 valence electrons. The van der Waals surface area contributed by atoms with Gasteiger partial charge < -0.3 is 9.47 Å². The summed E-state index contributed by atoms with van der Waals surface area (Å²) in [5.41, 5.74) is 4.36. The minimum atomic E-state index is -3.51. The molecule has 5 nitrogen and oxygen atoms in total. The molecule has 2 N–H and O–H groups in total. The summed E-state index contributed by atoms with van der Waals surface area (Å²) in [7, 11) is 0.614. The lowest BCUT2D eigenvalue weighted by atomic mass is 9.98. The number of rotatable bonds is 3. The van der Waals surface area contributed by atoms with Gasteiger partial charge in [-0.1, -0.05) is 12.1 Å². The van der Waals surface area contributed by atoms with Crippen molar-refractivity contribution in [1.82, 2.24) is 9.47 Å². The van der Waals surface area contributed by atoms with Gasteiger partial charge in [0, 0.05) is 42.8 Å². The van der Waals surface area contributed by atoms with Gasteiger partial charge in [0.05, 0.1) is 5.75 Å². The van der Waals surface area contributed by atoms with Crippen molar-refractivity contribution in [3.63, 3.8) is 0 Å². The Morgan fingerprint density at radius 1 is 1.27 bits per heavy atom. The molecule has 2 heterocycles. The van der Waals surface area contributed by atoms with Gasteiger partial charge in [0.15, 0.2) is 0 Å². The van der Waals surface area contributed by atoms with E-state index in [9.17, 15) is 8.42 Å². The first kappa shape index (κ1) is 15.3.